The standard InChI is InChI=1S/C12H13F6NO/c13-11(14,15)10-4-2-9(3-5-10)8-19-6-1-7-20-12(16,17)18/h2-5,19H,1,6-8H2. The van der Waals surface area contributed by atoms with Gasteiger partial charge in [0.05, 0.1) is 12.2 Å². The van der Waals surface area contributed by atoms with Crippen LogP contribution in [0.2, 0.25) is 0 Å². The van der Waals surface area contributed by atoms with Crippen LogP contribution in [0.4, 0.5) is 26.3 Å². The van der Waals surface area contributed by atoms with Gasteiger partial charge >= 0.3 is 12.5 Å². The van der Waals surface area contributed by atoms with Gasteiger partial charge in [-0.25, -0.2) is 0 Å². The Bertz CT molecular complexity index is 398. The molecule has 0 heterocycles. The Morgan fingerprint density at radius 3 is 2.05 bits per heavy atom. The topological polar surface area (TPSA) is 21.3 Å². The van der Waals surface area contributed by atoms with E-state index in [0.29, 0.717) is 5.56 Å². The summed E-state index contributed by atoms with van der Waals surface area (Å²) in [4.78, 5) is 0. The van der Waals surface area contributed by atoms with E-state index in [1.165, 1.54) is 12.1 Å². The van der Waals surface area contributed by atoms with Crippen LogP contribution in [-0.4, -0.2) is 19.5 Å². The molecule has 0 amide bonds. The van der Waals surface area contributed by atoms with Crippen molar-refractivity contribution in [3.05, 3.63) is 35.4 Å². The average molecular weight is 301 g/mol. The lowest BCUT2D eigenvalue weighted by Gasteiger charge is -2.09. The lowest BCUT2D eigenvalue weighted by Crippen LogP contribution is -2.20. The molecule has 0 bridgehead atoms. The molecule has 8 heteroatoms. The van der Waals surface area contributed by atoms with Crippen LogP contribution in [0.3, 0.4) is 0 Å². The van der Waals surface area contributed by atoms with Gasteiger partial charge in [-0.15, -0.1) is 13.2 Å². The number of ether oxygens (including phenoxy) is 1. The summed E-state index contributed by atoms with van der Waals surface area (Å²) in [5.74, 6) is 0. The predicted octanol–water partition coefficient (Wildman–Crippen LogP) is 3.72. The third-order valence-electron chi connectivity index (χ3n) is 2.37. The SMILES string of the molecule is FC(F)(F)OCCCNCc1ccc(C(F)(F)F)cc1. The second kappa shape index (κ2) is 6.94. The van der Waals surface area contributed by atoms with Crippen molar-refractivity contribution in [2.75, 3.05) is 13.2 Å². The molecule has 2 nitrogen and oxygen atoms in total. The summed E-state index contributed by atoms with van der Waals surface area (Å²) < 4.78 is 75.3. The molecular formula is C12H13F6NO. The Balaban J connectivity index is 2.23. The van der Waals surface area contributed by atoms with Crippen LogP contribution in [0.5, 0.6) is 0 Å². The minimum absolute atomic E-state index is 0.153. The van der Waals surface area contributed by atoms with Gasteiger partial charge in [0.15, 0.2) is 0 Å². The Kier molecular flexibility index (Phi) is 5.82. The van der Waals surface area contributed by atoms with Gasteiger partial charge in [-0.05, 0) is 30.7 Å². The number of hydrogen-bond donors (Lipinski definition) is 1. The molecule has 0 aliphatic heterocycles. The summed E-state index contributed by atoms with van der Waals surface area (Å²) in [6.45, 7) is 0.102. The van der Waals surface area contributed by atoms with Crippen molar-refractivity contribution in [2.45, 2.75) is 25.5 Å². The molecule has 1 N–H and O–H groups in total. The van der Waals surface area contributed by atoms with Crippen LogP contribution in [-0.2, 0) is 17.5 Å². The molecule has 0 saturated heterocycles. The van der Waals surface area contributed by atoms with Crippen molar-refractivity contribution in [3.8, 4) is 0 Å². The average Bonchev–Trinajstić information content (AvgIpc) is 2.32. The largest absolute Gasteiger partial charge is 0.522 e. The first-order valence-corrected chi connectivity index (χ1v) is 5.76. The fourth-order valence-corrected chi connectivity index (χ4v) is 1.43. The number of benzene rings is 1. The zero-order valence-electron chi connectivity index (χ0n) is 10.3. The fourth-order valence-electron chi connectivity index (χ4n) is 1.43. The van der Waals surface area contributed by atoms with Crippen LogP contribution in [0.25, 0.3) is 0 Å². The maximum atomic E-state index is 12.3. The third kappa shape index (κ3) is 6.76. The maximum absolute atomic E-state index is 12.3. The fraction of sp³-hybridized carbons (Fsp3) is 0.500. The number of halogens is 6. The second-order valence-electron chi connectivity index (χ2n) is 4.02. The van der Waals surface area contributed by atoms with Gasteiger partial charge in [-0.3, -0.25) is 4.74 Å². The third-order valence-corrected chi connectivity index (χ3v) is 2.37. The van der Waals surface area contributed by atoms with Gasteiger partial charge in [-0.1, -0.05) is 12.1 Å². The van der Waals surface area contributed by atoms with Gasteiger partial charge in [0.25, 0.3) is 0 Å². The zero-order chi connectivity index (χ0) is 15.2. The van der Waals surface area contributed by atoms with Crippen LogP contribution in [0.15, 0.2) is 24.3 Å². The predicted molar refractivity (Wildman–Crippen MR) is 59.8 cm³/mol. The number of hydrogen-bond acceptors (Lipinski definition) is 2. The van der Waals surface area contributed by atoms with Crippen LogP contribution in [0, 0.1) is 0 Å². The first kappa shape index (κ1) is 16.8. The lowest BCUT2D eigenvalue weighted by molar-refractivity contribution is -0.324. The van der Waals surface area contributed by atoms with E-state index in [1.54, 1.807) is 0 Å². The Hall–Kier alpha value is -1.28. The van der Waals surface area contributed by atoms with Crippen LogP contribution >= 0.6 is 0 Å². The Labute approximate surface area is 111 Å². The van der Waals surface area contributed by atoms with Gasteiger partial charge in [0.2, 0.25) is 0 Å². The molecule has 0 aliphatic rings. The lowest BCUT2D eigenvalue weighted by atomic mass is 10.1. The molecule has 0 unspecified atom stereocenters. The maximum Gasteiger partial charge on any atom is 0.522 e. The molecule has 0 saturated carbocycles. The molecular weight excluding hydrogens is 288 g/mol. The van der Waals surface area contributed by atoms with Crippen molar-refractivity contribution in [1.29, 1.82) is 0 Å². The summed E-state index contributed by atoms with van der Waals surface area (Å²) >= 11 is 0. The second-order valence-corrected chi connectivity index (χ2v) is 4.02. The summed E-state index contributed by atoms with van der Waals surface area (Å²) in [5.41, 5.74) is -0.116. The molecule has 0 spiro atoms. The van der Waals surface area contributed by atoms with E-state index in [2.05, 4.69) is 10.1 Å². The molecule has 1 aromatic rings. The van der Waals surface area contributed by atoms with Crippen molar-refractivity contribution in [3.63, 3.8) is 0 Å². The summed E-state index contributed by atoms with van der Waals surface area (Å²) in [6.07, 6.45) is -8.85. The Morgan fingerprint density at radius 1 is 0.950 bits per heavy atom. The van der Waals surface area contributed by atoms with Crippen molar-refractivity contribution in [1.82, 2.24) is 5.32 Å². The van der Waals surface area contributed by atoms with Gasteiger partial charge in [0, 0.05) is 6.54 Å². The number of nitrogens with one attached hydrogen (secondary N) is 1. The van der Waals surface area contributed by atoms with E-state index in [4.69, 9.17) is 0 Å². The van der Waals surface area contributed by atoms with Crippen molar-refractivity contribution < 1.29 is 31.1 Å². The monoisotopic (exact) mass is 301 g/mol. The minimum Gasteiger partial charge on any atom is -0.313 e. The van der Waals surface area contributed by atoms with Gasteiger partial charge in [0.1, 0.15) is 0 Å². The Morgan fingerprint density at radius 2 is 1.55 bits per heavy atom. The minimum atomic E-state index is -4.63. The summed E-state index contributed by atoms with van der Waals surface area (Å²) in [7, 11) is 0. The van der Waals surface area contributed by atoms with E-state index in [-0.39, 0.29) is 19.5 Å². The first-order chi connectivity index (χ1) is 9.18. The van der Waals surface area contributed by atoms with Crippen molar-refractivity contribution >= 4 is 0 Å². The first-order valence-electron chi connectivity index (χ1n) is 5.76. The van der Waals surface area contributed by atoms with E-state index < -0.39 is 24.7 Å². The quantitative estimate of drug-likeness (QED) is 0.638. The molecule has 0 aliphatic carbocycles. The van der Waals surface area contributed by atoms with Gasteiger partial charge in [-0.2, -0.15) is 13.2 Å². The smallest absolute Gasteiger partial charge is 0.313 e. The molecule has 20 heavy (non-hydrogen) atoms. The van der Waals surface area contributed by atoms with E-state index in [1.807, 2.05) is 0 Å². The number of alkyl halides is 6. The molecule has 0 aromatic heterocycles. The van der Waals surface area contributed by atoms with E-state index in [0.717, 1.165) is 12.1 Å². The van der Waals surface area contributed by atoms with Crippen molar-refractivity contribution in [2.24, 2.45) is 0 Å². The highest BCUT2D eigenvalue weighted by molar-refractivity contribution is 5.24. The molecule has 114 valence electrons. The molecule has 1 rings (SSSR count). The molecule has 0 radical (unpaired) electrons. The highest BCUT2D eigenvalue weighted by Gasteiger charge is 2.30. The van der Waals surface area contributed by atoms with E-state index in [9.17, 15) is 26.3 Å². The normalized spacial score (nSPS) is 12.7. The highest BCUT2D eigenvalue weighted by Crippen LogP contribution is 2.29. The molecule has 1 aromatic carbocycles. The van der Waals surface area contributed by atoms with Crippen LogP contribution < -0.4 is 5.32 Å². The molecule has 0 atom stereocenters. The number of rotatable bonds is 6. The van der Waals surface area contributed by atoms with E-state index >= 15 is 0 Å². The summed E-state index contributed by atoms with van der Waals surface area (Å²) in [5, 5.41) is 2.82. The zero-order valence-corrected chi connectivity index (χ0v) is 10.3. The highest BCUT2D eigenvalue weighted by atomic mass is 19.4. The van der Waals surface area contributed by atoms with Gasteiger partial charge < -0.3 is 5.32 Å². The molecule has 0 fully saturated rings. The van der Waals surface area contributed by atoms with Crippen LogP contribution in [0.1, 0.15) is 17.5 Å². The summed E-state index contributed by atoms with van der Waals surface area (Å²) in [6, 6.07) is 4.57.